The summed E-state index contributed by atoms with van der Waals surface area (Å²) >= 11 is 0. The minimum absolute atomic E-state index is 0.423. The highest BCUT2D eigenvalue weighted by Crippen LogP contribution is 2.04. The third-order valence-electron chi connectivity index (χ3n) is 1.41. The van der Waals surface area contributed by atoms with Crippen LogP contribution >= 0.6 is 0 Å². The van der Waals surface area contributed by atoms with Crippen molar-refractivity contribution >= 4 is 14.4 Å². The molecule has 0 amide bonds. The van der Waals surface area contributed by atoms with Crippen molar-refractivity contribution in [1.82, 2.24) is 0 Å². The molecule has 0 saturated carbocycles. The molecule has 0 radical (unpaired) electrons. The summed E-state index contributed by atoms with van der Waals surface area (Å²) < 4.78 is 0. The molecular weight excluding hydrogens is 164 g/mol. The van der Waals surface area contributed by atoms with Gasteiger partial charge in [-0.25, -0.2) is 0 Å². The zero-order valence-corrected chi connectivity index (χ0v) is 9.48. The first-order valence-electron chi connectivity index (χ1n) is 4.39. The van der Waals surface area contributed by atoms with Crippen molar-refractivity contribution in [1.29, 1.82) is 0 Å². The first kappa shape index (κ1) is 11.4. The van der Waals surface area contributed by atoms with E-state index in [4.69, 9.17) is 0 Å². The molecule has 68 valence electrons. The highest BCUT2D eigenvalue weighted by molar-refractivity contribution is 6.83. The molecule has 0 aromatic carbocycles. The molecule has 0 N–H and O–H groups in total. The molecule has 0 bridgehead atoms. The summed E-state index contributed by atoms with van der Waals surface area (Å²) in [5, 5.41) is 0. The molecule has 1 atom stereocenters. The average Bonchev–Trinajstić information content (AvgIpc) is 1.84. The fourth-order valence-electron chi connectivity index (χ4n) is 0.738. The van der Waals surface area contributed by atoms with Crippen LogP contribution in [0.5, 0.6) is 0 Å². The van der Waals surface area contributed by atoms with Crippen LogP contribution in [0.3, 0.4) is 0 Å². The highest BCUT2D eigenvalue weighted by atomic mass is 28.3. The van der Waals surface area contributed by atoms with E-state index in [1.807, 2.05) is 0 Å². The highest BCUT2D eigenvalue weighted by Gasteiger charge is 2.07. The number of hydrogen-bond acceptors (Lipinski definition) is 1. The normalized spacial score (nSPS) is 13.0. The molecule has 0 fully saturated rings. The fraction of sp³-hybridized carbons (Fsp3) is 0.700. The third-order valence-corrected chi connectivity index (χ3v) is 2.34. The second-order valence-electron chi connectivity index (χ2n) is 4.26. The minimum Gasteiger partial charge on any atom is -0.303 e. The van der Waals surface area contributed by atoms with E-state index in [1.165, 1.54) is 0 Å². The Balaban J connectivity index is 3.78. The number of carbonyl (C=O) groups excluding carboxylic acids is 1. The zero-order valence-electron chi connectivity index (χ0n) is 8.48. The standard InChI is InChI=1S/C10H18OSi/c1-10(7-8-11)6-5-9-12(2,3)4/h8,10H,6-7H2,1-4H3/t10-/m0/s1. The van der Waals surface area contributed by atoms with Crippen LogP contribution in [0.25, 0.3) is 0 Å². The van der Waals surface area contributed by atoms with Gasteiger partial charge in [0.15, 0.2) is 0 Å². The van der Waals surface area contributed by atoms with Gasteiger partial charge in [-0.3, -0.25) is 0 Å². The predicted octanol–water partition coefficient (Wildman–Crippen LogP) is 2.48. The van der Waals surface area contributed by atoms with Gasteiger partial charge in [-0.15, -0.1) is 11.5 Å². The van der Waals surface area contributed by atoms with Crippen LogP contribution in [0.15, 0.2) is 0 Å². The number of carbonyl (C=O) groups is 1. The van der Waals surface area contributed by atoms with Gasteiger partial charge in [0.05, 0.1) is 0 Å². The van der Waals surface area contributed by atoms with Crippen molar-refractivity contribution in [2.75, 3.05) is 0 Å². The number of aldehydes is 1. The van der Waals surface area contributed by atoms with Crippen molar-refractivity contribution in [2.45, 2.75) is 39.4 Å². The Hall–Kier alpha value is -0.553. The summed E-state index contributed by atoms with van der Waals surface area (Å²) in [5.41, 5.74) is 3.28. The summed E-state index contributed by atoms with van der Waals surface area (Å²) in [4.78, 5) is 10.1. The van der Waals surface area contributed by atoms with E-state index in [1.54, 1.807) is 0 Å². The van der Waals surface area contributed by atoms with Gasteiger partial charge in [0.1, 0.15) is 14.4 Å². The smallest absolute Gasteiger partial charge is 0.129 e. The molecule has 1 nitrogen and oxygen atoms in total. The van der Waals surface area contributed by atoms with E-state index in [-0.39, 0.29) is 0 Å². The number of hydrogen-bond donors (Lipinski definition) is 0. The van der Waals surface area contributed by atoms with Crippen molar-refractivity contribution in [3.8, 4) is 11.5 Å². The van der Waals surface area contributed by atoms with Crippen LogP contribution in [0.4, 0.5) is 0 Å². The Morgan fingerprint density at radius 1 is 1.42 bits per heavy atom. The van der Waals surface area contributed by atoms with E-state index in [0.717, 1.165) is 12.7 Å². The van der Waals surface area contributed by atoms with Crippen LogP contribution in [0.1, 0.15) is 19.8 Å². The molecule has 2 heteroatoms. The van der Waals surface area contributed by atoms with Crippen LogP contribution in [0, 0.1) is 17.4 Å². The maximum absolute atomic E-state index is 10.1. The van der Waals surface area contributed by atoms with Gasteiger partial charge in [0.2, 0.25) is 0 Å². The monoisotopic (exact) mass is 182 g/mol. The van der Waals surface area contributed by atoms with Gasteiger partial charge >= 0.3 is 0 Å². The van der Waals surface area contributed by atoms with Gasteiger partial charge in [-0.1, -0.05) is 26.6 Å². The molecule has 0 spiro atoms. The largest absolute Gasteiger partial charge is 0.303 e. The van der Waals surface area contributed by atoms with Crippen molar-refractivity contribution < 1.29 is 4.79 Å². The summed E-state index contributed by atoms with van der Waals surface area (Å²) in [7, 11) is -1.20. The van der Waals surface area contributed by atoms with Crippen LogP contribution < -0.4 is 0 Å². The topological polar surface area (TPSA) is 17.1 Å². The van der Waals surface area contributed by atoms with Crippen LogP contribution in [0.2, 0.25) is 19.6 Å². The lowest BCUT2D eigenvalue weighted by molar-refractivity contribution is -0.108. The van der Waals surface area contributed by atoms with Gasteiger partial charge < -0.3 is 4.79 Å². The lowest BCUT2D eigenvalue weighted by Gasteiger charge is -2.04. The van der Waals surface area contributed by atoms with E-state index in [0.29, 0.717) is 12.3 Å². The average molecular weight is 182 g/mol. The van der Waals surface area contributed by atoms with Gasteiger partial charge in [0, 0.05) is 12.8 Å². The maximum Gasteiger partial charge on any atom is 0.129 e. The Kier molecular flexibility index (Phi) is 4.92. The third kappa shape index (κ3) is 7.55. The van der Waals surface area contributed by atoms with Crippen molar-refractivity contribution in [3.63, 3.8) is 0 Å². The van der Waals surface area contributed by atoms with E-state index < -0.39 is 8.07 Å². The van der Waals surface area contributed by atoms with Gasteiger partial charge in [-0.05, 0) is 5.92 Å². The molecular formula is C10H18OSi. The van der Waals surface area contributed by atoms with Crippen molar-refractivity contribution in [3.05, 3.63) is 0 Å². The lowest BCUT2D eigenvalue weighted by Crippen LogP contribution is -2.16. The van der Waals surface area contributed by atoms with E-state index >= 15 is 0 Å². The molecule has 0 heterocycles. The molecule has 0 aromatic heterocycles. The molecule has 0 aliphatic carbocycles. The van der Waals surface area contributed by atoms with Crippen molar-refractivity contribution in [2.24, 2.45) is 5.92 Å². The molecule has 0 aromatic rings. The fourth-order valence-corrected chi connectivity index (χ4v) is 1.37. The van der Waals surface area contributed by atoms with E-state index in [2.05, 4.69) is 38.0 Å². The molecule has 0 rings (SSSR count). The lowest BCUT2D eigenvalue weighted by atomic mass is 10.1. The van der Waals surface area contributed by atoms with Gasteiger partial charge in [-0.2, -0.15) is 0 Å². The summed E-state index contributed by atoms with van der Waals surface area (Å²) in [5.74, 6) is 3.59. The molecule has 0 aliphatic heterocycles. The zero-order chi connectivity index (χ0) is 9.61. The Morgan fingerprint density at radius 2 is 2.00 bits per heavy atom. The Bertz CT molecular complexity index is 192. The molecule has 0 unspecified atom stereocenters. The predicted molar refractivity (Wildman–Crippen MR) is 55.6 cm³/mol. The first-order valence-corrected chi connectivity index (χ1v) is 7.89. The minimum atomic E-state index is -1.20. The second-order valence-corrected chi connectivity index (χ2v) is 9.01. The van der Waals surface area contributed by atoms with Crippen LogP contribution in [-0.2, 0) is 4.79 Å². The quantitative estimate of drug-likeness (QED) is 0.372. The molecule has 12 heavy (non-hydrogen) atoms. The van der Waals surface area contributed by atoms with Gasteiger partial charge in [0.25, 0.3) is 0 Å². The first-order chi connectivity index (χ1) is 5.45. The summed E-state index contributed by atoms with van der Waals surface area (Å²) in [6, 6.07) is 0. The maximum atomic E-state index is 10.1. The second kappa shape index (κ2) is 5.16. The summed E-state index contributed by atoms with van der Waals surface area (Å²) in [6.45, 7) is 8.74. The van der Waals surface area contributed by atoms with Crippen LogP contribution in [-0.4, -0.2) is 14.4 Å². The summed E-state index contributed by atoms with van der Waals surface area (Å²) in [6.07, 6.45) is 2.48. The SMILES string of the molecule is C[C@@H](CC#C[Si](C)(C)C)CC=O. The Labute approximate surface area is 76.6 Å². The molecule has 0 aliphatic rings. The molecule has 0 saturated heterocycles. The van der Waals surface area contributed by atoms with E-state index in [9.17, 15) is 4.79 Å². The number of rotatable bonds is 3. The Morgan fingerprint density at radius 3 is 2.42 bits per heavy atom.